The molecule has 1 heterocycles. The number of alkyl halides is 2. The zero-order chi connectivity index (χ0) is 12.1. The largest absolute Gasteiger partial charge is 0.342 e. The van der Waals surface area contributed by atoms with E-state index in [1.54, 1.807) is 4.90 Å². The molecule has 4 heteroatoms. The van der Waals surface area contributed by atoms with Crippen molar-refractivity contribution in [2.75, 3.05) is 13.1 Å². The zero-order valence-corrected chi connectivity index (χ0v) is 10.1. The Morgan fingerprint density at radius 1 is 1.12 bits per heavy atom. The Morgan fingerprint density at radius 2 is 1.76 bits per heavy atom. The van der Waals surface area contributed by atoms with Crippen LogP contribution in [0.2, 0.25) is 0 Å². The van der Waals surface area contributed by atoms with Crippen LogP contribution in [0.3, 0.4) is 0 Å². The normalized spacial score (nSPS) is 34.0. The van der Waals surface area contributed by atoms with E-state index >= 15 is 0 Å². The van der Waals surface area contributed by atoms with E-state index in [-0.39, 0.29) is 17.7 Å². The number of amides is 1. The minimum absolute atomic E-state index is 0.227. The van der Waals surface area contributed by atoms with Gasteiger partial charge in [-0.25, -0.2) is 8.78 Å². The number of carbonyl (C=O) groups is 1. The van der Waals surface area contributed by atoms with Crippen molar-refractivity contribution in [3.63, 3.8) is 0 Å². The molecular weight excluding hydrogens is 224 g/mol. The molecule has 1 amide bonds. The molecule has 0 radical (unpaired) electrons. The highest BCUT2D eigenvalue weighted by Gasteiger charge is 2.62. The molecule has 3 fully saturated rings. The maximum atomic E-state index is 12.9. The highest BCUT2D eigenvalue weighted by atomic mass is 19.3. The van der Waals surface area contributed by atoms with Crippen LogP contribution in [0.1, 0.15) is 44.9 Å². The number of hydrogen-bond donors (Lipinski definition) is 0. The van der Waals surface area contributed by atoms with Crippen molar-refractivity contribution in [2.45, 2.75) is 50.9 Å². The molecule has 1 aliphatic heterocycles. The molecule has 1 saturated heterocycles. The molecule has 3 rings (SSSR count). The predicted molar refractivity (Wildman–Crippen MR) is 59.8 cm³/mol. The molecule has 3 aliphatic rings. The smallest absolute Gasteiger partial charge is 0.260 e. The van der Waals surface area contributed by atoms with Crippen molar-refractivity contribution in [1.29, 1.82) is 0 Å². The van der Waals surface area contributed by atoms with Gasteiger partial charge in [0.05, 0.1) is 0 Å². The zero-order valence-electron chi connectivity index (χ0n) is 10.1. The second-order valence-corrected chi connectivity index (χ2v) is 6.09. The first-order chi connectivity index (χ1) is 8.03. The lowest BCUT2D eigenvalue weighted by Gasteiger charge is -2.33. The van der Waals surface area contributed by atoms with Crippen LogP contribution in [0.25, 0.3) is 0 Å². The van der Waals surface area contributed by atoms with Gasteiger partial charge in [0.2, 0.25) is 5.91 Å². The molecule has 17 heavy (non-hydrogen) atoms. The summed E-state index contributed by atoms with van der Waals surface area (Å²) in [4.78, 5) is 13.6. The van der Waals surface area contributed by atoms with E-state index in [1.165, 1.54) is 32.1 Å². The Labute approximate surface area is 100 Å². The van der Waals surface area contributed by atoms with Gasteiger partial charge in [-0.2, -0.15) is 0 Å². The summed E-state index contributed by atoms with van der Waals surface area (Å²) in [5.74, 6) is -4.00. The van der Waals surface area contributed by atoms with Crippen LogP contribution < -0.4 is 0 Å². The lowest BCUT2D eigenvalue weighted by atomic mass is 9.73. The van der Waals surface area contributed by atoms with E-state index in [1.807, 2.05) is 0 Å². The van der Waals surface area contributed by atoms with Gasteiger partial charge in [-0.3, -0.25) is 4.79 Å². The monoisotopic (exact) mass is 243 g/mol. The molecule has 96 valence electrons. The first-order valence-corrected chi connectivity index (χ1v) is 6.69. The molecule has 0 aromatic carbocycles. The fourth-order valence-electron chi connectivity index (χ4n) is 3.53. The SMILES string of the molecule is O=C(C1CC1(F)F)N1CCC2(CCCCC2)C1. The second-order valence-electron chi connectivity index (χ2n) is 6.09. The van der Waals surface area contributed by atoms with E-state index in [2.05, 4.69) is 0 Å². The molecule has 2 nitrogen and oxygen atoms in total. The van der Waals surface area contributed by atoms with Gasteiger partial charge in [0.15, 0.2) is 0 Å². The molecule has 2 aliphatic carbocycles. The molecule has 1 unspecified atom stereocenters. The fraction of sp³-hybridized carbons (Fsp3) is 0.923. The quantitative estimate of drug-likeness (QED) is 0.693. The van der Waals surface area contributed by atoms with Gasteiger partial charge in [-0.15, -0.1) is 0 Å². The first kappa shape index (κ1) is 11.4. The molecule has 2 saturated carbocycles. The lowest BCUT2D eigenvalue weighted by Crippen LogP contribution is -2.35. The van der Waals surface area contributed by atoms with Crippen LogP contribution in [0.15, 0.2) is 0 Å². The van der Waals surface area contributed by atoms with Crippen molar-refractivity contribution in [3.8, 4) is 0 Å². The summed E-state index contributed by atoms with van der Waals surface area (Å²) in [7, 11) is 0. The average molecular weight is 243 g/mol. The number of rotatable bonds is 1. The molecule has 1 atom stereocenters. The molecule has 1 spiro atoms. The Hall–Kier alpha value is -0.670. The van der Waals surface area contributed by atoms with Gasteiger partial charge in [-0.1, -0.05) is 19.3 Å². The first-order valence-electron chi connectivity index (χ1n) is 6.69. The summed E-state index contributed by atoms with van der Waals surface area (Å²) in [5.41, 5.74) is 0.276. The van der Waals surface area contributed by atoms with Crippen LogP contribution in [0.5, 0.6) is 0 Å². The van der Waals surface area contributed by atoms with Gasteiger partial charge >= 0.3 is 0 Å². The van der Waals surface area contributed by atoms with Gasteiger partial charge < -0.3 is 4.90 Å². The van der Waals surface area contributed by atoms with Crippen molar-refractivity contribution < 1.29 is 13.6 Å². The third-order valence-electron chi connectivity index (χ3n) is 4.79. The van der Waals surface area contributed by atoms with Gasteiger partial charge in [0.25, 0.3) is 5.92 Å². The third kappa shape index (κ3) is 1.95. The number of hydrogen-bond acceptors (Lipinski definition) is 1. The van der Waals surface area contributed by atoms with Gasteiger partial charge in [-0.05, 0) is 24.7 Å². The van der Waals surface area contributed by atoms with E-state index in [0.29, 0.717) is 6.54 Å². The van der Waals surface area contributed by atoms with Crippen molar-refractivity contribution in [3.05, 3.63) is 0 Å². The number of nitrogens with zero attached hydrogens (tertiary/aromatic N) is 1. The predicted octanol–water partition coefficient (Wildman–Crippen LogP) is 2.82. The molecular formula is C13H19F2NO. The topological polar surface area (TPSA) is 20.3 Å². The Bertz CT molecular complexity index is 336. The molecule has 0 bridgehead atoms. The van der Waals surface area contributed by atoms with Crippen molar-refractivity contribution >= 4 is 5.91 Å². The third-order valence-corrected chi connectivity index (χ3v) is 4.79. The molecule has 0 N–H and O–H groups in total. The van der Waals surface area contributed by atoms with Crippen LogP contribution >= 0.6 is 0 Å². The Kier molecular flexibility index (Phi) is 2.46. The van der Waals surface area contributed by atoms with E-state index in [4.69, 9.17) is 0 Å². The fourth-order valence-corrected chi connectivity index (χ4v) is 3.53. The molecule has 0 aromatic rings. The Balaban J connectivity index is 1.62. The standard InChI is InChI=1S/C13H19F2NO/c14-13(15)8-10(13)11(17)16-7-6-12(9-16)4-2-1-3-5-12/h10H,1-9H2. The summed E-state index contributed by atoms with van der Waals surface area (Å²) >= 11 is 0. The Morgan fingerprint density at radius 3 is 2.35 bits per heavy atom. The summed E-state index contributed by atoms with van der Waals surface area (Å²) in [5, 5.41) is 0. The van der Waals surface area contributed by atoms with Crippen LogP contribution in [0, 0.1) is 11.3 Å². The van der Waals surface area contributed by atoms with E-state index in [0.717, 1.165) is 13.0 Å². The number of halogens is 2. The highest BCUT2D eigenvalue weighted by Crippen LogP contribution is 2.51. The summed E-state index contributed by atoms with van der Waals surface area (Å²) in [6.45, 7) is 1.43. The highest BCUT2D eigenvalue weighted by molar-refractivity contribution is 5.83. The number of carbonyl (C=O) groups excluding carboxylic acids is 1. The number of likely N-dealkylation sites (tertiary alicyclic amines) is 1. The van der Waals surface area contributed by atoms with Crippen molar-refractivity contribution in [1.82, 2.24) is 4.90 Å². The van der Waals surface area contributed by atoms with Gasteiger partial charge in [0.1, 0.15) is 5.92 Å². The van der Waals surface area contributed by atoms with Crippen LogP contribution in [-0.4, -0.2) is 29.8 Å². The average Bonchev–Trinajstić information content (AvgIpc) is 2.76. The van der Waals surface area contributed by atoms with Crippen molar-refractivity contribution in [2.24, 2.45) is 11.3 Å². The summed E-state index contributed by atoms with van der Waals surface area (Å²) in [6, 6.07) is 0. The van der Waals surface area contributed by atoms with E-state index < -0.39 is 11.8 Å². The van der Waals surface area contributed by atoms with E-state index in [9.17, 15) is 13.6 Å². The maximum Gasteiger partial charge on any atom is 0.260 e. The maximum absolute atomic E-state index is 12.9. The minimum Gasteiger partial charge on any atom is -0.342 e. The second kappa shape index (κ2) is 3.66. The van der Waals surface area contributed by atoms with Crippen LogP contribution in [0.4, 0.5) is 8.78 Å². The minimum atomic E-state index is -2.71. The summed E-state index contributed by atoms with van der Waals surface area (Å²) < 4.78 is 25.8. The lowest BCUT2D eigenvalue weighted by molar-refractivity contribution is -0.134. The summed E-state index contributed by atoms with van der Waals surface area (Å²) in [6.07, 6.45) is 6.92. The molecule has 0 aromatic heterocycles. The van der Waals surface area contributed by atoms with Crippen LogP contribution in [-0.2, 0) is 4.79 Å². The van der Waals surface area contributed by atoms with Gasteiger partial charge in [0, 0.05) is 19.5 Å².